The van der Waals surface area contributed by atoms with E-state index in [-0.39, 0.29) is 5.91 Å². The maximum absolute atomic E-state index is 10.1. The van der Waals surface area contributed by atoms with E-state index in [9.17, 15) is 4.79 Å². The van der Waals surface area contributed by atoms with Crippen LogP contribution in [0.5, 0.6) is 0 Å². The fraction of sp³-hybridized carbons (Fsp3) is 0.667. The normalized spacial score (nSPS) is 7.67. The first-order valence-electron chi connectivity index (χ1n) is 1.57. The first-order chi connectivity index (χ1) is 2.64. The first kappa shape index (κ1) is 6.21. The van der Waals surface area contributed by atoms with Crippen LogP contribution in [0.4, 0.5) is 0 Å². The fourth-order valence-corrected chi connectivity index (χ4v) is 0. The molecule has 0 fully saturated rings. The number of carbonyl (C=O) groups is 1. The van der Waals surface area contributed by atoms with Crippen LogP contribution in [0.3, 0.4) is 0 Å². The number of hydrogen-bond acceptors (Lipinski definition) is 1. The molecule has 0 bridgehead atoms. The summed E-state index contributed by atoms with van der Waals surface area (Å²) in [7, 11) is 1.77. The zero-order chi connectivity index (χ0) is 5.15. The van der Waals surface area contributed by atoms with E-state index >= 15 is 0 Å². The van der Waals surface area contributed by atoms with Gasteiger partial charge in [0, 0.05) is 0 Å². The molecule has 2 nitrogen and oxygen atoms in total. The van der Waals surface area contributed by atoms with Crippen LogP contribution in [0.15, 0.2) is 0 Å². The van der Waals surface area contributed by atoms with Crippen LogP contribution >= 0.6 is 0 Å². The summed E-state index contributed by atoms with van der Waals surface area (Å²) >= 11 is 1.01. The van der Waals surface area contributed by atoms with E-state index in [4.69, 9.17) is 0 Å². The zero-order valence-corrected chi connectivity index (χ0v) is 7.02. The van der Waals surface area contributed by atoms with E-state index in [1.54, 1.807) is 17.3 Å². The molecule has 0 atom stereocenters. The van der Waals surface area contributed by atoms with Gasteiger partial charge in [-0.1, -0.05) is 0 Å². The van der Waals surface area contributed by atoms with Crippen LogP contribution in [-0.2, 0) is 26.1 Å². The second-order valence-electron chi connectivity index (χ2n) is 1.04. The van der Waals surface area contributed by atoms with Crippen LogP contribution in [-0.4, -0.2) is 16.3 Å². The van der Waals surface area contributed by atoms with Gasteiger partial charge in [0.25, 0.3) is 0 Å². The van der Waals surface area contributed by atoms with E-state index in [0.717, 1.165) is 21.3 Å². The summed E-state index contributed by atoms with van der Waals surface area (Å²) in [6.07, 6.45) is 0. The summed E-state index contributed by atoms with van der Waals surface area (Å²) in [6.45, 7) is 1.56. The van der Waals surface area contributed by atoms with Gasteiger partial charge >= 0.3 is 49.3 Å². The molecule has 34 valence electrons. The second kappa shape index (κ2) is 2.39. The van der Waals surface area contributed by atoms with E-state index < -0.39 is 0 Å². The average molecular weight is 253 g/mol. The molecule has 0 aliphatic rings. The molecule has 0 spiro atoms. The van der Waals surface area contributed by atoms with Gasteiger partial charge in [-0.25, -0.2) is 0 Å². The number of nitrogens with zero attached hydrogens (tertiary/aromatic N) is 1. The molecule has 6 heavy (non-hydrogen) atoms. The Bertz CT molecular complexity index is 61.8. The zero-order valence-electron chi connectivity index (χ0n) is 3.80. The molecule has 0 heterocycles. The van der Waals surface area contributed by atoms with Gasteiger partial charge in [0.15, 0.2) is 0 Å². The van der Waals surface area contributed by atoms with Crippen LogP contribution in [0.25, 0.3) is 0 Å². The summed E-state index contributed by atoms with van der Waals surface area (Å²) in [5.41, 5.74) is 0. The first-order valence-corrected chi connectivity index (χ1v) is 3.01. The van der Waals surface area contributed by atoms with Gasteiger partial charge in [-0.2, -0.15) is 0 Å². The van der Waals surface area contributed by atoms with Crippen LogP contribution < -0.4 is 0 Å². The Morgan fingerprint density at radius 2 is 2.00 bits per heavy atom. The molecule has 0 aliphatic carbocycles. The Hall–Kier alpha value is 0.210. The maximum atomic E-state index is 10.1. The SMILES string of the molecule is CC(=O)[N](C)[Ta]. The van der Waals surface area contributed by atoms with Crippen molar-refractivity contribution in [3.8, 4) is 0 Å². The van der Waals surface area contributed by atoms with Crippen molar-refractivity contribution in [2.45, 2.75) is 6.92 Å². The summed E-state index contributed by atoms with van der Waals surface area (Å²) in [5, 5.41) is 0. The molecule has 0 aromatic rings. The third-order valence-corrected chi connectivity index (χ3v) is 1.47. The number of rotatable bonds is 0. The van der Waals surface area contributed by atoms with Gasteiger partial charge in [-0.05, 0) is 0 Å². The third kappa shape index (κ3) is 2.45. The minimum atomic E-state index is 0.142. The predicted molar refractivity (Wildman–Crippen MR) is 18.4 cm³/mol. The van der Waals surface area contributed by atoms with Crippen LogP contribution in [0, 0.1) is 0 Å². The Balaban J connectivity index is 3.26. The molecule has 0 aromatic heterocycles. The van der Waals surface area contributed by atoms with Crippen molar-refractivity contribution in [2.75, 3.05) is 7.05 Å². The topological polar surface area (TPSA) is 20.3 Å². The quantitative estimate of drug-likeness (QED) is 0.591. The molecule has 0 aliphatic heterocycles. The molecule has 0 saturated carbocycles. The molecule has 0 rings (SSSR count). The van der Waals surface area contributed by atoms with Gasteiger partial charge < -0.3 is 0 Å². The van der Waals surface area contributed by atoms with Crippen molar-refractivity contribution < 1.29 is 26.1 Å². The Labute approximate surface area is 49.7 Å². The third-order valence-electron chi connectivity index (χ3n) is 0.456. The van der Waals surface area contributed by atoms with Gasteiger partial charge in [-0.3, -0.25) is 0 Å². The average Bonchev–Trinajstić information content (AvgIpc) is 1.36. The van der Waals surface area contributed by atoms with Crippen molar-refractivity contribution in [3.05, 3.63) is 0 Å². The predicted octanol–water partition coefficient (Wildman–Crippen LogP) is -0.0735. The van der Waals surface area contributed by atoms with Crippen molar-refractivity contribution in [2.24, 2.45) is 0 Å². The summed E-state index contributed by atoms with van der Waals surface area (Å²) in [4.78, 5) is 10.1. The molecular formula is C3H6NOTa. The fourth-order valence-electron chi connectivity index (χ4n) is 0. The number of amides is 1. The molecule has 0 unspecified atom stereocenters. The molecule has 0 radical (unpaired) electrons. The van der Waals surface area contributed by atoms with Crippen molar-refractivity contribution in [3.63, 3.8) is 0 Å². The minimum absolute atomic E-state index is 0.142. The molecule has 0 aromatic carbocycles. The van der Waals surface area contributed by atoms with E-state index in [1.165, 1.54) is 0 Å². The Morgan fingerprint density at radius 1 is 1.83 bits per heavy atom. The van der Waals surface area contributed by atoms with Gasteiger partial charge in [0.1, 0.15) is 0 Å². The van der Waals surface area contributed by atoms with Gasteiger partial charge in [-0.15, -0.1) is 0 Å². The summed E-state index contributed by atoms with van der Waals surface area (Å²) in [5.74, 6) is 0.142. The molecule has 1 amide bonds. The molecule has 0 saturated heterocycles. The Kier molecular flexibility index (Phi) is 2.48. The van der Waals surface area contributed by atoms with E-state index in [0.29, 0.717) is 0 Å². The molecular weight excluding hydrogens is 247 g/mol. The molecule has 3 heteroatoms. The van der Waals surface area contributed by atoms with Crippen LogP contribution in [0.2, 0.25) is 0 Å². The standard InChI is InChI=1S/C3H7NO.Ta/c1-3(5)4-2;/h1-2H3,(H,4,5);/q;+1/p-1. The summed E-state index contributed by atoms with van der Waals surface area (Å²) in [6, 6.07) is 0. The van der Waals surface area contributed by atoms with E-state index in [2.05, 4.69) is 0 Å². The number of carbonyl (C=O) groups excluding carboxylic acids is 1. The van der Waals surface area contributed by atoms with Crippen molar-refractivity contribution in [1.29, 1.82) is 0 Å². The van der Waals surface area contributed by atoms with Crippen molar-refractivity contribution >= 4 is 5.91 Å². The number of hydrogen-bond donors (Lipinski definition) is 0. The monoisotopic (exact) mass is 253 g/mol. The summed E-state index contributed by atoms with van der Waals surface area (Å²) < 4.78 is 1.64. The van der Waals surface area contributed by atoms with Crippen LogP contribution in [0.1, 0.15) is 6.92 Å². The van der Waals surface area contributed by atoms with Gasteiger partial charge in [0.2, 0.25) is 0 Å². The van der Waals surface area contributed by atoms with Crippen molar-refractivity contribution in [1.82, 2.24) is 3.30 Å². The molecule has 0 N–H and O–H groups in total. The second-order valence-corrected chi connectivity index (χ2v) is 3.20. The van der Waals surface area contributed by atoms with E-state index in [1.807, 2.05) is 0 Å². The van der Waals surface area contributed by atoms with Gasteiger partial charge in [0.05, 0.1) is 0 Å². The Morgan fingerprint density at radius 3 is 2.00 bits per heavy atom.